The van der Waals surface area contributed by atoms with Gasteiger partial charge in [-0.2, -0.15) is 0 Å². The summed E-state index contributed by atoms with van der Waals surface area (Å²) < 4.78 is 21.1. The van der Waals surface area contributed by atoms with E-state index in [4.69, 9.17) is 9.72 Å². The van der Waals surface area contributed by atoms with Crippen LogP contribution in [0.1, 0.15) is 52.8 Å². The number of hydrogen-bond acceptors (Lipinski definition) is 6. The zero-order chi connectivity index (χ0) is 21.8. The highest BCUT2D eigenvalue weighted by atomic mass is 19.1. The van der Waals surface area contributed by atoms with Gasteiger partial charge in [0.05, 0.1) is 34.6 Å². The van der Waals surface area contributed by atoms with Gasteiger partial charge in [-0.15, -0.1) is 0 Å². The van der Waals surface area contributed by atoms with Crippen molar-refractivity contribution in [3.8, 4) is 11.4 Å². The number of nitrogens with zero attached hydrogens (tertiary/aromatic N) is 2. The quantitative estimate of drug-likeness (QED) is 0.421. The number of aromatic nitrogens is 2. The highest BCUT2D eigenvalue weighted by molar-refractivity contribution is 5.93. The van der Waals surface area contributed by atoms with E-state index in [0.717, 1.165) is 10.9 Å². The molecule has 0 bridgehead atoms. The van der Waals surface area contributed by atoms with Gasteiger partial charge in [0.15, 0.2) is 6.10 Å². The largest absolute Gasteiger partial charge is 0.458 e. The summed E-state index contributed by atoms with van der Waals surface area (Å²) in [5.41, 5.74) is 3.01. The van der Waals surface area contributed by atoms with Gasteiger partial charge in [0.1, 0.15) is 12.4 Å². The topological polar surface area (TPSA) is 102 Å². The first-order chi connectivity index (χ1) is 14.7. The van der Waals surface area contributed by atoms with Gasteiger partial charge in [-0.1, -0.05) is 0 Å². The van der Waals surface area contributed by atoms with Gasteiger partial charge in [-0.05, 0) is 43.9 Å². The molecule has 1 aliphatic carbocycles. The molecule has 0 amide bonds. The fourth-order valence-corrected chi connectivity index (χ4v) is 5.33. The number of carbonyl (C=O) groups is 1. The molecule has 6 rings (SSSR count). The Balaban J connectivity index is 1.72. The van der Waals surface area contributed by atoms with E-state index in [9.17, 15) is 24.2 Å². The molecule has 0 saturated heterocycles. The van der Waals surface area contributed by atoms with Gasteiger partial charge in [-0.25, -0.2) is 14.2 Å². The maximum atomic E-state index is 14.6. The molecule has 3 aliphatic rings. The van der Waals surface area contributed by atoms with Gasteiger partial charge < -0.3 is 19.5 Å². The molecular formula is C23H19FN2O5. The third kappa shape index (κ3) is 2.26. The molecule has 8 heteroatoms. The number of rotatable bonds is 0. The van der Waals surface area contributed by atoms with E-state index in [1.807, 2.05) is 0 Å². The Morgan fingerprint density at radius 3 is 2.81 bits per heavy atom. The van der Waals surface area contributed by atoms with Crippen molar-refractivity contribution in [3.05, 3.63) is 61.7 Å². The number of benzene rings is 1. The Bertz CT molecular complexity index is 1420. The molecule has 7 nitrogen and oxygen atoms in total. The molecule has 2 aliphatic heterocycles. The first-order valence-corrected chi connectivity index (χ1v) is 10.2. The summed E-state index contributed by atoms with van der Waals surface area (Å²) in [5, 5.41) is 22.3. The Kier molecular flexibility index (Phi) is 3.47. The molecule has 4 heterocycles. The fraction of sp³-hybridized carbons (Fsp3) is 0.348. The van der Waals surface area contributed by atoms with Crippen LogP contribution in [0.2, 0.25) is 0 Å². The summed E-state index contributed by atoms with van der Waals surface area (Å²) >= 11 is 0. The summed E-state index contributed by atoms with van der Waals surface area (Å²) in [6.07, 6.45) is -0.577. The zero-order valence-electron chi connectivity index (χ0n) is 17.0. The summed E-state index contributed by atoms with van der Waals surface area (Å²) in [7, 11) is 0. The first-order valence-electron chi connectivity index (χ1n) is 10.2. The number of hydrogen-bond donors (Lipinski definition) is 2. The van der Waals surface area contributed by atoms with Crippen molar-refractivity contribution in [1.29, 1.82) is 0 Å². The number of aryl methyl sites for hydroxylation is 1. The number of aliphatic hydroxyl groups excluding tert-OH is 1. The predicted molar refractivity (Wildman–Crippen MR) is 108 cm³/mol. The molecule has 0 spiro atoms. The van der Waals surface area contributed by atoms with Crippen LogP contribution in [0.15, 0.2) is 16.9 Å². The number of pyridine rings is 2. The first kappa shape index (κ1) is 18.7. The van der Waals surface area contributed by atoms with Gasteiger partial charge in [0.2, 0.25) is 0 Å². The minimum atomic E-state index is -1.54. The van der Waals surface area contributed by atoms with E-state index in [0.29, 0.717) is 46.4 Å². The van der Waals surface area contributed by atoms with Crippen LogP contribution in [0.5, 0.6) is 0 Å². The minimum Gasteiger partial charge on any atom is -0.458 e. The molecule has 1 aromatic carbocycles. The smallest absolute Gasteiger partial charge is 0.340 e. The summed E-state index contributed by atoms with van der Waals surface area (Å²) in [6, 6.07) is 2.95. The van der Waals surface area contributed by atoms with E-state index in [1.165, 1.54) is 10.6 Å². The lowest BCUT2D eigenvalue weighted by Gasteiger charge is -2.33. The number of esters is 1. The van der Waals surface area contributed by atoms with E-state index in [2.05, 4.69) is 0 Å². The maximum Gasteiger partial charge on any atom is 0.340 e. The lowest BCUT2D eigenvalue weighted by molar-refractivity contribution is -0.157. The van der Waals surface area contributed by atoms with Gasteiger partial charge in [0, 0.05) is 28.1 Å². The standard InChI is InChI=1S/C23H19FN2O5/c1-9-10-3-4-23(2,30)18-12-7-26-16(19(12)25-15(17(10)18)6-14(9)24)5-11-13(21(26)28)8-31-22(29)20(11)27/h5-6,20,27,30H,3-4,7-8H2,1-2H3. The zero-order valence-corrected chi connectivity index (χ0v) is 17.0. The molecule has 158 valence electrons. The Morgan fingerprint density at radius 2 is 2.03 bits per heavy atom. The van der Waals surface area contributed by atoms with Crippen LogP contribution in [0, 0.1) is 12.7 Å². The van der Waals surface area contributed by atoms with Crippen LogP contribution >= 0.6 is 0 Å². The lowest BCUT2D eigenvalue weighted by Crippen LogP contribution is -2.32. The third-order valence-electron chi connectivity index (χ3n) is 6.97. The molecule has 2 aromatic heterocycles. The molecule has 0 fully saturated rings. The molecule has 2 unspecified atom stereocenters. The summed E-state index contributed by atoms with van der Waals surface area (Å²) in [5.74, 6) is -1.16. The van der Waals surface area contributed by atoms with Gasteiger partial charge >= 0.3 is 5.97 Å². The summed E-state index contributed by atoms with van der Waals surface area (Å²) in [4.78, 5) is 29.7. The molecule has 3 aromatic rings. The van der Waals surface area contributed by atoms with Crippen LogP contribution in [0.3, 0.4) is 0 Å². The Labute approximate surface area is 175 Å². The fourth-order valence-electron chi connectivity index (χ4n) is 5.33. The average molecular weight is 422 g/mol. The molecule has 31 heavy (non-hydrogen) atoms. The Hall–Kier alpha value is -3.10. The predicted octanol–water partition coefficient (Wildman–Crippen LogP) is 2.12. The van der Waals surface area contributed by atoms with Crippen LogP contribution < -0.4 is 5.56 Å². The SMILES string of the molecule is Cc1c(F)cc2nc3c(c4c2c1CCC4(C)O)Cn1c-3cc2c(c1=O)COC(=O)C2O. The van der Waals surface area contributed by atoms with E-state index < -0.39 is 17.7 Å². The van der Waals surface area contributed by atoms with Crippen molar-refractivity contribution in [1.82, 2.24) is 9.55 Å². The molecular weight excluding hydrogens is 403 g/mol. The number of aliphatic hydroxyl groups is 2. The van der Waals surface area contributed by atoms with Crippen molar-refractivity contribution in [3.63, 3.8) is 0 Å². The third-order valence-corrected chi connectivity index (χ3v) is 6.97. The second-order valence-corrected chi connectivity index (χ2v) is 8.81. The van der Waals surface area contributed by atoms with Crippen molar-refractivity contribution in [2.45, 2.75) is 51.5 Å². The van der Waals surface area contributed by atoms with Crippen molar-refractivity contribution >= 4 is 16.9 Å². The van der Waals surface area contributed by atoms with E-state index in [-0.39, 0.29) is 35.7 Å². The average Bonchev–Trinajstić information content (AvgIpc) is 3.08. The number of fused-ring (bicyclic) bond motifs is 5. The second-order valence-electron chi connectivity index (χ2n) is 8.81. The van der Waals surface area contributed by atoms with Crippen LogP contribution in [0.4, 0.5) is 4.39 Å². The van der Waals surface area contributed by atoms with Crippen LogP contribution in [0.25, 0.3) is 22.3 Å². The van der Waals surface area contributed by atoms with Crippen molar-refractivity contribution in [2.24, 2.45) is 0 Å². The van der Waals surface area contributed by atoms with Gasteiger partial charge in [-0.3, -0.25) is 4.79 Å². The number of carbonyl (C=O) groups excluding carboxylic acids is 1. The van der Waals surface area contributed by atoms with E-state index >= 15 is 0 Å². The minimum absolute atomic E-state index is 0.199. The maximum absolute atomic E-state index is 14.6. The monoisotopic (exact) mass is 422 g/mol. The van der Waals surface area contributed by atoms with Crippen LogP contribution in [-0.4, -0.2) is 25.7 Å². The van der Waals surface area contributed by atoms with Crippen molar-refractivity contribution < 1.29 is 24.1 Å². The molecule has 0 saturated carbocycles. The van der Waals surface area contributed by atoms with Crippen LogP contribution in [-0.2, 0) is 34.7 Å². The molecule has 2 N–H and O–H groups in total. The normalized spacial score (nSPS) is 23.4. The number of cyclic esters (lactones) is 1. The summed E-state index contributed by atoms with van der Waals surface area (Å²) in [6.45, 7) is 3.46. The molecule has 0 radical (unpaired) electrons. The lowest BCUT2D eigenvalue weighted by atomic mass is 9.76. The second kappa shape index (κ2) is 5.77. The van der Waals surface area contributed by atoms with Gasteiger partial charge in [0.25, 0.3) is 5.56 Å². The molecule has 2 atom stereocenters. The highest BCUT2D eigenvalue weighted by Gasteiger charge is 2.40. The van der Waals surface area contributed by atoms with E-state index in [1.54, 1.807) is 19.9 Å². The number of halogens is 1. The highest BCUT2D eigenvalue weighted by Crippen LogP contribution is 2.47. The van der Waals surface area contributed by atoms with Crippen molar-refractivity contribution in [2.75, 3.05) is 0 Å². The number of ether oxygens (including phenoxy) is 1. The Morgan fingerprint density at radius 1 is 1.26 bits per heavy atom.